The van der Waals surface area contributed by atoms with Gasteiger partial charge in [-0.25, -0.2) is 4.39 Å². The van der Waals surface area contributed by atoms with Crippen molar-refractivity contribution in [1.82, 2.24) is 4.90 Å². The number of benzene rings is 1. The summed E-state index contributed by atoms with van der Waals surface area (Å²) >= 11 is 0. The molecule has 0 heterocycles. The van der Waals surface area contributed by atoms with Crippen molar-refractivity contribution in [2.75, 3.05) is 13.6 Å². The standard InChI is InChI=1S/C15H20FNO3/c1-11(9-12-5-3-6-13(16)10-12)15(20)17(2)8-4-7-14(18)19/h3,5-6,10-11H,4,7-9H2,1-2H3,(H,18,19). The summed E-state index contributed by atoms with van der Waals surface area (Å²) in [5.41, 5.74) is 0.782. The zero-order valence-electron chi connectivity index (χ0n) is 11.8. The average Bonchev–Trinajstić information content (AvgIpc) is 2.37. The van der Waals surface area contributed by atoms with Gasteiger partial charge in [0.15, 0.2) is 0 Å². The molecule has 1 amide bonds. The van der Waals surface area contributed by atoms with Gasteiger partial charge in [-0.2, -0.15) is 0 Å². The lowest BCUT2D eigenvalue weighted by molar-refractivity contribution is -0.138. The molecule has 0 fully saturated rings. The number of hydrogen-bond acceptors (Lipinski definition) is 2. The molecule has 0 bridgehead atoms. The number of hydrogen-bond donors (Lipinski definition) is 1. The molecular weight excluding hydrogens is 261 g/mol. The maximum Gasteiger partial charge on any atom is 0.303 e. The number of carbonyl (C=O) groups excluding carboxylic acids is 1. The van der Waals surface area contributed by atoms with Crippen molar-refractivity contribution in [3.8, 4) is 0 Å². The third-order valence-electron chi connectivity index (χ3n) is 3.11. The fourth-order valence-corrected chi connectivity index (χ4v) is 2.06. The SMILES string of the molecule is CC(Cc1cccc(F)c1)C(=O)N(C)CCCC(=O)O. The van der Waals surface area contributed by atoms with E-state index in [1.165, 1.54) is 17.0 Å². The van der Waals surface area contributed by atoms with E-state index in [-0.39, 0.29) is 24.1 Å². The van der Waals surface area contributed by atoms with Crippen molar-refractivity contribution in [2.24, 2.45) is 5.92 Å². The molecule has 0 aliphatic carbocycles. The molecule has 1 aromatic rings. The molecule has 0 radical (unpaired) electrons. The van der Waals surface area contributed by atoms with E-state index in [1.54, 1.807) is 26.1 Å². The minimum atomic E-state index is -0.862. The number of halogens is 1. The maximum absolute atomic E-state index is 13.1. The van der Waals surface area contributed by atoms with E-state index >= 15 is 0 Å². The molecule has 1 aromatic carbocycles. The first kappa shape index (κ1) is 16.1. The van der Waals surface area contributed by atoms with Gasteiger partial charge in [0.1, 0.15) is 5.82 Å². The van der Waals surface area contributed by atoms with Crippen LogP contribution in [-0.2, 0) is 16.0 Å². The second-order valence-corrected chi connectivity index (χ2v) is 4.99. The first-order valence-corrected chi connectivity index (χ1v) is 6.61. The molecule has 4 nitrogen and oxygen atoms in total. The Labute approximate surface area is 118 Å². The topological polar surface area (TPSA) is 57.6 Å². The molecule has 110 valence electrons. The van der Waals surface area contributed by atoms with Crippen LogP contribution >= 0.6 is 0 Å². The number of carboxylic acids is 1. The third-order valence-corrected chi connectivity index (χ3v) is 3.11. The van der Waals surface area contributed by atoms with Crippen LogP contribution in [0.3, 0.4) is 0 Å². The minimum Gasteiger partial charge on any atom is -0.481 e. The molecule has 20 heavy (non-hydrogen) atoms. The van der Waals surface area contributed by atoms with Crippen LogP contribution in [0, 0.1) is 11.7 Å². The summed E-state index contributed by atoms with van der Waals surface area (Å²) in [6.07, 6.45) is 0.958. The van der Waals surface area contributed by atoms with Gasteiger partial charge in [0.05, 0.1) is 0 Å². The molecule has 0 aliphatic heterocycles. The first-order valence-electron chi connectivity index (χ1n) is 6.61. The fourth-order valence-electron chi connectivity index (χ4n) is 2.06. The Morgan fingerprint density at radius 2 is 2.10 bits per heavy atom. The summed E-state index contributed by atoms with van der Waals surface area (Å²) in [6, 6.07) is 6.21. The van der Waals surface area contributed by atoms with E-state index in [9.17, 15) is 14.0 Å². The van der Waals surface area contributed by atoms with E-state index in [2.05, 4.69) is 0 Å². The number of aliphatic carboxylic acids is 1. The lowest BCUT2D eigenvalue weighted by Gasteiger charge is -2.21. The van der Waals surface area contributed by atoms with E-state index < -0.39 is 5.97 Å². The molecular formula is C15H20FNO3. The molecule has 1 N–H and O–H groups in total. The van der Waals surface area contributed by atoms with Gasteiger partial charge in [0.2, 0.25) is 5.91 Å². The highest BCUT2D eigenvalue weighted by molar-refractivity contribution is 5.78. The predicted molar refractivity (Wildman–Crippen MR) is 73.8 cm³/mol. The molecule has 5 heteroatoms. The van der Waals surface area contributed by atoms with E-state index in [4.69, 9.17) is 5.11 Å². The normalized spacial score (nSPS) is 11.9. The Balaban J connectivity index is 2.47. The fraction of sp³-hybridized carbons (Fsp3) is 0.467. The summed E-state index contributed by atoms with van der Waals surface area (Å²) in [6.45, 7) is 2.21. The monoisotopic (exact) mass is 281 g/mol. The summed E-state index contributed by atoms with van der Waals surface area (Å²) in [5, 5.41) is 8.56. The highest BCUT2D eigenvalue weighted by Crippen LogP contribution is 2.12. The highest BCUT2D eigenvalue weighted by atomic mass is 19.1. The van der Waals surface area contributed by atoms with Crippen LogP contribution in [0.2, 0.25) is 0 Å². The van der Waals surface area contributed by atoms with Crippen molar-refractivity contribution < 1.29 is 19.1 Å². The van der Waals surface area contributed by atoms with Crippen LogP contribution in [0.1, 0.15) is 25.3 Å². The van der Waals surface area contributed by atoms with E-state index in [0.29, 0.717) is 19.4 Å². The molecule has 0 saturated heterocycles. The van der Waals surface area contributed by atoms with Crippen molar-refractivity contribution in [3.05, 3.63) is 35.6 Å². The van der Waals surface area contributed by atoms with Crippen LogP contribution in [0.4, 0.5) is 4.39 Å². The van der Waals surface area contributed by atoms with Crippen molar-refractivity contribution >= 4 is 11.9 Å². The van der Waals surface area contributed by atoms with E-state index in [0.717, 1.165) is 5.56 Å². The second kappa shape index (κ2) is 7.62. The lowest BCUT2D eigenvalue weighted by atomic mass is 10.00. The Kier molecular flexibility index (Phi) is 6.15. The molecule has 1 unspecified atom stereocenters. The van der Waals surface area contributed by atoms with Gasteiger partial charge in [-0.15, -0.1) is 0 Å². The van der Waals surface area contributed by atoms with Crippen molar-refractivity contribution in [2.45, 2.75) is 26.2 Å². The predicted octanol–water partition coefficient (Wildman–Crippen LogP) is 2.33. The van der Waals surface area contributed by atoms with Gasteiger partial charge >= 0.3 is 5.97 Å². The van der Waals surface area contributed by atoms with Crippen LogP contribution in [0.25, 0.3) is 0 Å². The number of rotatable bonds is 7. The maximum atomic E-state index is 13.1. The lowest BCUT2D eigenvalue weighted by Crippen LogP contribution is -2.33. The smallest absolute Gasteiger partial charge is 0.303 e. The van der Waals surface area contributed by atoms with Crippen LogP contribution in [-0.4, -0.2) is 35.5 Å². The largest absolute Gasteiger partial charge is 0.481 e. The zero-order valence-corrected chi connectivity index (χ0v) is 11.8. The minimum absolute atomic E-state index is 0.0515. The van der Waals surface area contributed by atoms with Crippen LogP contribution in [0.5, 0.6) is 0 Å². The quantitative estimate of drug-likeness (QED) is 0.834. The van der Waals surface area contributed by atoms with Crippen molar-refractivity contribution in [3.63, 3.8) is 0 Å². The van der Waals surface area contributed by atoms with Gasteiger partial charge < -0.3 is 10.0 Å². The van der Waals surface area contributed by atoms with Gasteiger partial charge in [0.25, 0.3) is 0 Å². The van der Waals surface area contributed by atoms with Crippen LogP contribution < -0.4 is 0 Å². The molecule has 0 aromatic heterocycles. The Bertz CT molecular complexity index is 476. The summed E-state index contributed by atoms with van der Waals surface area (Å²) in [7, 11) is 1.66. The molecule has 0 aliphatic rings. The Morgan fingerprint density at radius 3 is 2.70 bits per heavy atom. The summed E-state index contributed by atoms with van der Waals surface area (Å²) in [4.78, 5) is 24.0. The molecule has 0 saturated carbocycles. The number of carbonyl (C=O) groups is 2. The van der Waals surface area contributed by atoms with Gasteiger partial charge in [-0.1, -0.05) is 19.1 Å². The third kappa shape index (κ3) is 5.38. The average molecular weight is 281 g/mol. The molecule has 0 spiro atoms. The summed E-state index contributed by atoms with van der Waals surface area (Å²) < 4.78 is 13.1. The van der Waals surface area contributed by atoms with Gasteiger partial charge in [0, 0.05) is 25.9 Å². The number of amides is 1. The molecule has 1 atom stereocenters. The van der Waals surface area contributed by atoms with Crippen molar-refractivity contribution in [1.29, 1.82) is 0 Å². The van der Waals surface area contributed by atoms with Crippen LogP contribution in [0.15, 0.2) is 24.3 Å². The number of carboxylic acid groups (broad SMARTS) is 1. The Morgan fingerprint density at radius 1 is 1.40 bits per heavy atom. The molecule has 1 rings (SSSR count). The Hall–Kier alpha value is -1.91. The number of nitrogens with zero attached hydrogens (tertiary/aromatic N) is 1. The van der Waals surface area contributed by atoms with Gasteiger partial charge in [-0.3, -0.25) is 9.59 Å². The van der Waals surface area contributed by atoms with E-state index in [1.807, 2.05) is 0 Å². The first-order chi connectivity index (χ1) is 9.40. The highest BCUT2D eigenvalue weighted by Gasteiger charge is 2.18. The summed E-state index contributed by atoms with van der Waals surface area (Å²) in [5.74, 6) is -1.48. The zero-order chi connectivity index (χ0) is 15.1. The van der Waals surface area contributed by atoms with Gasteiger partial charge in [-0.05, 0) is 30.5 Å². The second-order valence-electron chi connectivity index (χ2n) is 4.99.